The molecule has 0 fully saturated rings. The van der Waals surface area contributed by atoms with E-state index in [-0.39, 0.29) is 28.8 Å². The molecule has 1 amide bonds. The molecule has 1 N–H and O–H groups in total. The molecule has 158 valence electrons. The van der Waals surface area contributed by atoms with Gasteiger partial charge in [-0.2, -0.15) is 0 Å². The van der Waals surface area contributed by atoms with E-state index in [0.717, 1.165) is 6.07 Å². The second-order valence-corrected chi connectivity index (χ2v) is 7.06. The standard InChI is InChI=1S/C19H18ClN3O7/c1-11(2)17(19(25)30-10-12-3-6-14(7-4-12)22(26)27)21-18(24)13-5-8-15(20)16(9-13)23(28)29/h3-9,11,17H,10H2,1-2H3,(H,21,24)/t17-/m0/s1. The normalized spacial score (nSPS) is 11.6. The van der Waals surface area contributed by atoms with Gasteiger partial charge in [0.05, 0.1) is 9.85 Å². The first-order valence-corrected chi connectivity index (χ1v) is 9.12. The number of ether oxygens (including phenoxy) is 1. The van der Waals surface area contributed by atoms with Gasteiger partial charge < -0.3 is 10.1 Å². The van der Waals surface area contributed by atoms with Gasteiger partial charge in [0.15, 0.2) is 0 Å². The average molecular weight is 436 g/mol. The van der Waals surface area contributed by atoms with Crippen molar-refractivity contribution in [1.82, 2.24) is 5.32 Å². The second-order valence-electron chi connectivity index (χ2n) is 6.65. The summed E-state index contributed by atoms with van der Waals surface area (Å²) in [5.74, 6) is -1.73. The lowest BCUT2D eigenvalue weighted by Gasteiger charge is -2.21. The molecule has 1 atom stereocenters. The van der Waals surface area contributed by atoms with E-state index in [9.17, 15) is 29.8 Å². The molecule has 0 radical (unpaired) electrons. The smallest absolute Gasteiger partial charge is 0.329 e. The number of carbonyl (C=O) groups is 2. The number of nitro groups is 2. The largest absolute Gasteiger partial charge is 0.459 e. The number of rotatable bonds is 8. The Kier molecular flexibility index (Phi) is 7.43. The van der Waals surface area contributed by atoms with Crippen molar-refractivity contribution >= 4 is 34.9 Å². The van der Waals surface area contributed by atoms with Crippen LogP contribution in [0.15, 0.2) is 42.5 Å². The van der Waals surface area contributed by atoms with Crippen LogP contribution in [0.1, 0.15) is 29.8 Å². The highest BCUT2D eigenvalue weighted by molar-refractivity contribution is 6.32. The molecule has 0 aliphatic rings. The van der Waals surface area contributed by atoms with Crippen molar-refractivity contribution in [2.75, 3.05) is 0 Å². The highest BCUT2D eigenvalue weighted by atomic mass is 35.5. The van der Waals surface area contributed by atoms with Crippen LogP contribution in [-0.4, -0.2) is 27.8 Å². The molecule has 0 heterocycles. The van der Waals surface area contributed by atoms with Crippen LogP contribution in [0.4, 0.5) is 11.4 Å². The Morgan fingerprint density at radius 2 is 1.70 bits per heavy atom. The lowest BCUT2D eigenvalue weighted by Crippen LogP contribution is -2.45. The van der Waals surface area contributed by atoms with Crippen molar-refractivity contribution in [2.24, 2.45) is 5.92 Å². The van der Waals surface area contributed by atoms with E-state index >= 15 is 0 Å². The first-order valence-electron chi connectivity index (χ1n) is 8.75. The number of non-ortho nitro benzene ring substituents is 1. The summed E-state index contributed by atoms with van der Waals surface area (Å²) < 4.78 is 5.22. The zero-order valence-electron chi connectivity index (χ0n) is 16.0. The van der Waals surface area contributed by atoms with Gasteiger partial charge in [0, 0.05) is 23.8 Å². The Balaban J connectivity index is 2.06. The molecule has 0 unspecified atom stereocenters. The van der Waals surface area contributed by atoms with Crippen molar-refractivity contribution in [3.05, 3.63) is 78.8 Å². The van der Waals surface area contributed by atoms with Crippen LogP contribution in [0.2, 0.25) is 5.02 Å². The van der Waals surface area contributed by atoms with Crippen LogP contribution in [0.5, 0.6) is 0 Å². The molecule has 0 spiro atoms. The van der Waals surface area contributed by atoms with Crippen LogP contribution < -0.4 is 5.32 Å². The number of nitro benzene ring substituents is 2. The predicted molar refractivity (Wildman–Crippen MR) is 107 cm³/mol. The molecule has 0 aromatic heterocycles. The van der Waals surface area contributed by atoms with Gasteiger partial charge in [-0.3, -0.25) is 25.0 Å². The monoisotopic (exact) mass is 435 g/mol. The molecule has 10 nitrogen and oxygen atoms in total. The van der Waals surface area contributed by atoms with Crippen LogP contribution in [0.3, 0.4) is 0 Å². The number of nitrogens with one attached hydrogen (secondary N) is 1. The summed E-state index contributed by atoms with van der Waals surface area (Å²) in [6.45, 7) is 3.26. The van der Waals surface area contributed by atoms with Gasteiger partial charge in [-0.15, -0.1) is 0 Å². The second kappa shape index (κ2) is 9.79. The Bertz CT molecular complexity index is 977. The summed E-state index contributed by atoms with van der Waals surface area (Å²) in [6, 6.07) is 8.05. The number of halogens is 1. The third-order valence-electron chi connectivity index (χ3n) is 4.14. The van der Waals surface area contributed by atoms with E-state index in [4.69, 9.17) is 16.3 Å². The van der Waals surface area contributed by atoms with Gasteiger partial charge in [0.1, 0.15) is 17.7 Å². The van der Waals surface area contributed by atoms with E-state index < -0.39 is 33.5 Å². The van der Waals surface area contributed by atoms with E-state index in [1.165, 1.54) is 36.4 Å². The van der Waals surface area contributed by atoms with Crippen LogP contribution in [-0.2, 0) is 16.1 Å². The van der Waals surface area contributed by atoms with E-state index in [1.807, 2.05) is 0 Å². The van der Waals surface area contributed by atoms with Crippen LogP contribution in [0.25, 0.3) is 0 Å². The minimum atomic E-state index is -1.01. The maximum Gasteiger partial charge on any atom is 0.329 e. The van der Waals surface area contributed by atoms with Gasteiger partial charge in [-0.05, 0) is 35.7 Å². The van der Waals surface area contributed by atoms with Crippen molar-refractivity contribution in [2.45, 2.75) is 26.5 Å². The molecule has 0 aliphatic heterocycles. The van der Waals surface area contributed by atoms with Crippen molar-refractivity contribution in [3.8, 4) is 0 Å². The van der Waals surface area contributed by atoms with E-state index in [2.05, 4.69) is 5.32 Å². The highest BCUT2D eigenvalue weighted by Gasteiger charge is 2.27. The molecule has 2 aromatic rings. The summed E-state index contributed by atoms with van der Waals surface area (Å²) in [5, 5.41) is 24.1. The quantitative estimate of drug-likeness (QED) is 0.378. The summed E-state index contributed by atoms with van der Waals surface area (Å²) in [6.07, 6.45) is 0. The average Bonchev–Trinajstić information content (AvgIpc) is 2.70. The molecular formula is C19H18ClN3O7. The fourth-order valence-electron chi connectivity index (χ4n) is 2.47. The Morgan fingerprint density at radius 3 is 2.23 bits per heavy atom. The molecule has 11 heteroatoms. The highest BCUT2D eigenvalue weighted by Crippen LogP contribution is 2.25. The third-order valence-corrected chi connectivity index (χ3v) is 4.46. The van der Waals surface area contributed by atoms with E-state index in [0.29, 0.717) is 5.56 Å². The topological polar surface area (TPSA) is 142 Å². The maximum absolute atomic E-state index is 12.5. The zero-order valence-corrected chi connectivity index (χ0v) is 16.8. The molecule has 0 saturated heterocycles. The maximum atomic E-state index is 12.5. The minimum absolute atomic E-state index is 0.0279. The first kappa shape index (κ1) is 22.8. The number of amides is 1. The molecular weight excluding hydrogens is 418 g/mol. The SMILES string of the molecule is CC(C)[C@H](NC(=O)c1ccc(Cl)c([N+](=O)[O-])c1)C(=O)OCc1ccc([N+](=O)[O-])cc1. The predicted octanol–water partition coefficient (Wildman–Crippen LogP) is 3.65. The number of hydrogen-bond acceptors (Lipinski definition) is 7. The van der Waals surface area contributed by atoms with Gasteiger partial charge in [0.2, 0.25) is 0 Å². The summed E-state index contributed by atoms with van der Waals surface area (Å²) >= 11 is 5.74. The number of nitrogens with zero attached hydrogens (tertiary/aromatic N) is 2. The lowest BCUT2D eigenvalue weighted by molar-refractivity contribution is -0.385. The van der Waals surface area contributed by atoms with Crippen molar-refractivity contribution < 1.29 is 24.2 Å². The van der Waals surface area contributed by atoms with Gasteiger partial charge in [0.25, 0.3) is 17.3 Å². The van der Waals surface area contributed by atoms with Crippen molar-refractivity contribution in [1.29, 1.82) is 0 Å². The van der Waals surface area contributed by atoms with Gasteiger partial charge in [-0.25, -0.2) is 4.79 Å². The van der Waals surface area contributed by atoms with Crippen LogP contribution in [0, 0.1) is 26.1 Å². The minimum Gasteiger partial charge on any atom is -0.459 e. The van der Waals surface area contributed by atoms with E-state index in [1.54, 1.807) is 13.8 Å². The molecule has 30 heavy (non-hydrogen) atoms. The Labute approximate surface area is 176 Å². The van der Waals surface area contributed by atoms with Crippen molar-refractivity contribution in [3.63, 3.8) is 0 Å². The fourth-order valence-corrected chi connectivity index (χ4v) is 2.66. The number of esters is 1. The molecule has 0 saturated carbocycles. The number of benzene rings is 2. The first-order chi connectivity index (χ1) is 14.1. The summed E-state index contributed by atoms with van der Waals surface area (Å²) in [7, 11) is 0. The fraction of sp³-hybridized carbons (Fsp3) is 0.263. The number of carbonyl (C=O) groups excluding carboxylic acids is 2. The van der Waals surface area contributed by atoms with Crippen LogP contribution >= 0.6 is 11.6 Å². The third kappa shape index (κ3) is 5.74. The molecule has 0 bridgehead atoms. The summed E-state index contributed by atoms with van der Waals surface area (Å²) in [5.41, 5.74) is -0.00311. The number of hydrogen-bond donors (Lipinski definition) is 1. The molecule has 2 aromatic carbocycles. The molecule has 0 aliphatic carbocycles. The Morgan fingerprint density at radius 1 is 1.07 bits per heavy atom. The van der Waals surface area contributed by atoms with Gasteiger partial charge >= 0.3 is 5.97 Å². The van der Waals surface area contributed by atoms with Gasteiger partial charge in [-0.1, -0.05) is 25.4 Å². The molecule has 2 rings (SSSR count). The zero-order chi connectivity index (χ0) is 22.4. The summed E-state index contributed by atoms with van der Waals surface area (Å²) in [4.78, 5) is 45.3. The lowest BCUT2D eigenvalue weighted by atomic mass is 10.0. The Hall–Kier alpha value is -3.53.